The maximum absolute atomic E-state index is 11.2. The normalized spacial score (nSPS) is 43.7. The summed E-state index contributed by atoms with van der Waals surface area (Å²) in [5.74, 6) is 0.392. The van der Waals surface area contributed by atoms with Crippen molar-refractivity contribution >= 4 is 5.97 Å². The highest BCUT2D eigenvalue weighted by Crippen LogP contribution is 2.61. The van der Waals surface area contributed by atoms with Crippen LogP contribution in [0.2, 0.25) is 0 Å². The van der Waals surface area contributed by atoms with Crippen LogP contribution in [0.15, 0.2) is 0 Å². The molecule has 116 valence electrons. The molecule has 2 aliphatic carbocycles. The van der Waals surface area contributed by atoms with E-state index >= 15 is 0 Å². The molecule has 2 saturated carbocycles. The zero-order valence-electron chi connectivity index (χ0n) is 13.7. The Morgan fingerprint density at radius 1 is 1.20 bits per heavy atom. The van der Waals surface area contributed by atoms with Crippen LogP contribution in [-0.4, -0.2) is 23.3 Å². The van der Waals surface area contributed by atoms with Gasteiger partial charge < -0.3 is 9.84 Å². The summed E-state index contributed by atoms with van der Waals surface area (Å²) in [5, 5.41) is 10.8. The summed E-state index contributed by atoms with van der Waals surface area (Å²) >= 11 is 0. The lowest BCUT2D eigenvalue weighted by Gasteiger charge is -2.60. The third kappa shape index (κ3) is 2.61. The van der Waals surface area contributed by atoms with Crippen LogP contribution in [0.4, 0.5) is 0 Å². The first-order valence-corrected chi connectivity index (χ1v) is 7.95. The summed E-state index contributed by atoms with van der Waals surface area (Å²) in [6.45, 7) is 10.7. The first-order valence-electron chi connectivity index (χ1n) is 7.95. The average Bonchev–Trinajstić information content (AvgIpc) is 2.25. The van der Waals surface area contributed by atoms with Crippen LogP contribution in [0.1, 0.15) is 66.7 Å². The maximum atomic E-state index is 11.2. The summed E-state index contributed by atoms with van der Waals surface area (Å²) in [6, 6.07) is 0. The molecule has 0 saturated heterocycles. The van der Waals surface area contributed by atoms with Gasteiger partial charge in [0.2, 0.25) is 0 Å². The first kappa shape index (κ1) is 15.8. The van der Waals surface area contributed by atoms with Gasteiger partial charge in [-0.3, -0.25) is 4.79 Å². The predicted octanol–water partition coefficient (Wildman–Crippen LogP) is 3.54. The van der Waals surface area contributed by atoms with Crippen LogP contribution in [0.3, 0.4) is 0 Å². The van der Waals surface area contributed by atoms with Crippen molar-refractivity contribution in [1.29, 1.82) is 0 Å². The van der Waals surface area contributed by atoms with E-state index in [4.69, 9.17) is 4.74 Å². The third-order valence-corrected chi connectivity index (χ3v) is 6.22. The van der Waals surface area contributed by atoms with Gasteiger partial charge >= 0.3 is 5.97 Å². The fourth-order valence-electron chi connectivity index (χ4n) is 5.20. The van der Waals surface area contributed by atoms with Gasteiger partial charge in [-0.1, -0.05) is 27.2 Å². The van der Waals surface area contributed by atoms with Gasteiger partial charge in [-0.25, -0.2) is 0 Å². The second-order valence-corrected chi connectivity index (χ2v) is 8.15. The van der Waals surface area contributed by atoms with E-state index in [1.165, 1.54) is 19.8 Å². The van der Waals surface area contributed by atoms with E-state index in [0.717, 1.165) is 19.3 Å². The molecule has 0 aromatic carbocycles. The summed E-state index contributed by atoms with van der Waals surface area (Å²) in [4.78, 5) is 11.2. The maximum Gasteiger partial charge on any atom is 0.302 e. The SMILES string of the molecule is CC(=O)OCC1C(C)(O)CCC2C(C)(C)CCCC21C. The minimum atomic E-state index is -0.728. The summed E-state index contributed by atoms with van der Waals surface area (Å²) in [5.41, 5.74) is -0.342. The van der Waals surface area contributed by atoms with Crippen LogP contribution in [-0.2, 0) is 9.53 Å². The molecule has 3 heteroatoms. The van der Waals surface area contributed by atoms with Crippen molar-refractivity contribution in [3.05, 3.63) is 0 Å². The molecule has 0 aromatic rings. The molecule has 4 unspecified atom stereocenters. The van der Waals surface area contributed by atoms with Crippen molar-refractivity contribution in [2.45, 2.75) is 72.3 Å². The fourth-order valence-corrected chi connectivity index (χ4v) is 5.20. The van der Waals surface area contributed by atoms with E-state index in [1.807, 2.05) is 6.92 Å². The highest BCUT2D eigenvalue weighted by molar-refractivity contribution is 5.65. The van der Waals surface area contributed by atoms with Gasteiger partial charge in [0, 0.05) is 12.8 Å². The lowest BCUT2D eigenvalue weighted by Crippen LogP contribution is -2.59. The molecule has 0 bridgehead atoms. The second kappa shape index (κ2) is 5.01. The van der Waals surface area contributed by atoms with Gasteiger partial charge in [0.05, 0.1) is 12.2 Å². The molecule has 2 rings (SSSR count). The van der Waals surface area contributed by atoms with Crippen molar-refractivity contribution in [3.63, 3.8) is 0 Å². The quantitative estimate of drug-likeness (QED) is 0.788. The Bertz CT molecular complexity index is 386. The van der Waals surface area contributed by atoms with E-state index in [0.29, 0.717) is 17.9 Å². The van der Waals surface area contributed by atoms with Crippen LogP contribution in [0.5, 0.6) is 0 Å². The summed E-state index contributed by atoms with van der Waals surface area (Å²) in [6.07, 6.45) is 5.47. The van der Waals surface area contributed by atoms with E-state index in [-0.39, 0.29) is 17.3 Å². The van der Waals surface area contributed by atoms with Gasteiger partial charge in [0.25, 0.3) is 0 Å². The molecule has 0 heterocycles. The van der Waals surface area contributed by atoms with E-state index in [9.17, 15) is 9.90 Å². The highest BCUT2D eigenvalue weighted by atomic mass is 16.5. The molecule has 4 atom stereocenters. The van der Waals surface area contributed by atoms with E-state index in [1.54, 1.807) is 0 Å². The minimum absolute atomic E-state index is 0.0391. The van der Waals surface area contributed by atoms with Crippen LogP contribution in [0.25, 0.3) is 0 Å². The van der Waals surface area contributed by atoms with Crippen molar-refractivity contribution < 1.29 is 14.6 Å². The molecule has 2 fully saturated rings. The van der Waals surface area contributed by atoms with Crippen molar-refractivity contribution in [2.24, 2.45) is 22.7 Å². The van der Waals surface area contributed by atoms with Gasteiger partial charge in [-0.05, 0) is 49.4 Å². The molecule has 0 aromatic heterocycles. The zero-order chi connectivity index (χ0) is 15.2. The Morgan fingerprint density at radius 3 is 2.45 bits per heavy atom. The number of rotatable bonds is 2. The molecule has 3 nitrogen and oxygen atoms in total. The second-order valence-electron chi connectivity index (χ2n) is 8.15. The number of carbonyl (C=O) groups is 1. The largest absolute Gasteiger partial charge is 0.465 e. The Balaban J connectivity index is 2.30. The number of hydrogen-bond acceptors (Lipinski definition) is 3. The van der Waals surface area contributed by atoms with Gasteiger partial charge in [0.15, 0.2) is 0 Å². The molecule has 20 heavy (non-hydrogen) atoms. The zero-order valence-corrected chi connectivity index (χ0v) is 13.7. The smallest absolute Gasteiger partial charge is 0.302 e. The highest BCUT2D eigenvalue weighted by Gasteiger charge is 2.58. The Kier molecular flexibility index (Phi) is 3.96. The number of ether oxygens (including phenoxy) is 1. The molecule has 0 amide bonds. The molecular formula is C17H30O3. The fraction of sp³-hybridized carbons (Fsp3) is 0.941. The minimum Gasteiger partial charge on any atom is -0.465 e. The Hall–Kier alpha value is -0.570. The Morgan fingerprint density at radius 2 is 1.85 bits per heavy atom. The summed E-state index contributed by atoms with van der Waals surface area (Å²) < 4.78 is 5.30. The van der Waals surface area contributed by atoms with Crippen molar-refractivity contribution in [3.8, 4) is 0 Å². The van der Waals surface area contributed by atoms with Crippen LogP contribution in [0, 0.1) is 22.7 Å². The molecule has 0 spiro atoms. The number of carbonyl (C=O) groups excluding carboxylic acids is 1. The average molecular weight is 282 g/mol. The lowest BCUT2D eigenvalue weighted by molar-refractivity contribution is -0.188. The number of hydrogen-bond donors (Lipinski definition) is 1. The molecule has 1 N–H and O–H groups in total. The molecule has 0 radical (unpaired) electrons. The van der Waals surface area contributed by atoms with Gasteiger partial charge in [-0.2, -0.15) is 0 Å². The number of aliphatic hydroxyl groups is 1. The van der Waals surface area contributed by atoms with Crippen molar-refractivity contribution in [1.82, 2.24) is 0 Å². The van der Waals surface area contributed by atoms with E-state index in [2.05, 4.69) is 20.8 Å². The standard InChI is InChI=1S/C17H30O3/c1-12(18)20-11-14-16(4)9-6-8-15(2,3)13(16)7-10-17(14,5)19/h13-14,19H,6-11H2,1-5H3. The van der Waals surface area contributed by atoms with Crippen LogP contribution < -0.4 is 0 Å². The monoisotopic (exact) mass is 282 g/mol. The molecular weight excluding hydrogens is 252 g/mol. The molecule has 2 aliphatic rings. The summed E-state index contributed by atoms with van der Waals surface area (Å²) in [7, 11) is 0. The number of esters is 1. The Labute approximate surface area is 123 Å². The first-order chi connectivity index (χ1) is 9.09. The van der Waals surface area contributed by atoms with E-state index < -0.39 is 5.60 Å². The number of fused-ring (bicyclic) bond motifs is 1. The van der Waals surface area contributed by atoms with Gasteiger partial charge in [-0.15, -0.1) is 0 Å². The topological polar surface area (TPSA) is 46.5 Å². The van der Waals surface area contributed by atoms with Crippen molar-refractivity contribution in [2.75, 3.05) is 6.61 Å². The molecule has 0 aliphatic heterocycles. The van der Waals surface area contributed by atoms with Crippen LogP contribution >= 0.6 is 0 Å². The predicted molar refractivity (Wildman–Crippen MR) is 79.2 cm³/mol. The van der Waals surface area contributed by atoms with Gasteiger partial charge in [0.1, 0.15) is 0 Å². The lowest BCUT2D eigenvalue weighted by atomic mass is 9.46. The third-order valence-electron chi connectivity index (χ3n) is 6.22.